The lowest BCUT2D eigenvalue weighted by Crippen LogP contribution is -2.28. The number of amides is 1. The molecule has 4 rings (SSSR count). The minimum atomic E-state index is -0.134. The third-order valence-electron chi connectivity index (χ3n) is 5.47. The van der Waals surface area contributed by atoms with Crippen molar-refractivity contribution in [1.29, 1.82) is 0 Å². The molecule has 30 heavy (non-hydrogen) atoms. The Morgan fingerprint density at radius 3 is 2.70 bits per heavy atom. The largest absolute Gasteiger partial charge is 0.472 e. The number of furan rings is 1. The van der Waals surface area contributed by atoms with Gasteiger partial charge in [0.15, 0.2) is 0 Å². The molecule has 3 aromatic rings. The van der Waals surface area contributed by atoms with Gasteiger partial charge in [0, 0.05) is 65.3 Å². The van der Waals surface area contributed by atoms with Gasteiger partial charge in [-0.3, -0.25) is 9.69 Å². The van der Waals surface area contributed by atoms with Crippen LogP contribution in [0.3, 0.4) is 0 Å². The van der Waals surface area contributed by atoms with Crippen molar-refractivity contribution in [3.05, 3.63) is 65.6 Å². The second kappa shape index (κ2) is 9.13. The van der Waals surface area contributed by atoms with Gasteiger partial charge in [-0.1, -0.05) is 12.1 Å². The van der Waals surface area contributed by atoms with E-state index in [-0.39, 0.29) is 5.91 Å². The molecular weight excluding hydrogens is 380 g/mol. The summed E-state index contributed by atoms with van der Waals surface area (Å²) >= 11 is 0. The first-order chi connectivity index (χ1) is 14.6. The van der Waals surface area contributed by atoms with Crippen molar-refractivity contribution in [2.75, 3.05) is 38.6 Å². The molecule has 1 aliphatic rings. The van der Waals surface area contributed by atoms with Crippen molar-refractivity contribution < 1.29 is 9.21 Å². The quantitative estimate of drug-likeness (QED) is 0.644. The van der Waals surface area contributed by atoms with Crippen LogP contribution in [-0.4, -0.2) is 59.3 Å². The maximum absolute atomic E-state index is 12.0. The fourth-order valence-corrected chi connectivity index (χ4v) is 3.71. The average molecular weight is 409 g/mol. The highest BCUT2D eigenvalue weighted by Crippen LogP contribution is 2.16. The number of hydrogen-bond acceptors (Lipinski definition) is 6. The Balaban J connectivity index is 1.30. The molecule has 0 radical (unpaired) electrons. The monoisotopic (exact) mass is 408 g/mol. The molecule has 2 aromatic heterocycles. The summed E-state index contributed by atoms with van der Waals surface area (Å²) in [5, 5.41) is 11.6. The number of hydrogen-bond donors (Lipinski definition) is 1. The number of carbonyl (C=O) groups is 1. The van der Waals surface area contributed by atoms with Gasteiger partial charge in [-0.15, -0.1) is 10.2 Å². The van der Waals surface area contributed by atoms with Gasteiger partial charge in [0.2, 0.25) is 0 Å². The van der Waals surface area contributed by atoms with E-state index in [2.05, 4.69) is 68.2 Å². The zero-order chi connectivity index (χ0) is 20.9. The van der Waals surface area contributed by atoms with Crippen molar-refractivity contribution in [1.82, 2.24) is 25.0 Å². The van der Waals surface area contributed by atoms with Gasteiger partial charge < -0.3 is 19.2 Å². The third kappa shape index (κ3) is 4.71. The molecule has 0 atom stereocenters. The van der Waals surface area contributed by atoms with Gasteiger partial charge in [0.05, 0.1) is 11.8 Å². The zero-order valence-corrected chi connectivity index (χ0v) is 17.5. The highest BCUT2D eigenvalue weighted by atomic mass is 16.3. The van der Waals surface area contributed by atoms with Gasteiger partial charge in [-0.2, -0.15) is 0 Å². The number of nitrogens with zero attached hydrogens (tertiary/aromatic N) is 5. The summed E-state index contributed by atoms with van der Waals surface area (Å²) in [6.07, 6.45) is 4.48. The normalized spacial score (nSPS) is 14.2. The Kier molecular flexibility index (Phi) is 6.13. The Labute approximate surface area is 176 Å². The van der Waals surface area contributed by atoms with E-state index in [1.54, 1.807) is 6.07 Å². The van der Waals surface area contributed by atoms with Gasteiger partial charge in [-0.25, -0.2) is 0 Å². The van der Waals surface area contributed by atoms with E-state index >= 15 is 0 Å². The lowest BCUT2D eigenvalue weighted by atomic mass is 10.2. The van der Waals surface area contributed by atoms with E-state index < -0.39 is 0 Å². The van der Waals surface area contributed by atoms with E-state index in [1.807, 2.05) is 0 Å². The molecule has 1 amide bonds. The van der Waals surface area contributed by atoms with Gasteiger partial charge in [0.1, 0.15) is 17.9 Å². The molecule has 1 aromatic carbocycles. The minimum Gasteiger partial charge on any atom is -0.472 e. The molecular formula is C22H28N6O2. The van der Waals surface area contributed by atoms with E-state index in [4.69, 9.17) is 4.42 Å². The van der Waals surface area contributed by atoms with Crippen molar-refractivity contribution in [2.45, 2.75) is 25.9 Å². The number of benzene rings is 1. The van der Waals surface area contributed by atoms with Gasteiger partial charge >= 0.3 is 0 Å². The van der Waals surface area contributed by atoms with Crippen molar-refractivity contribution in [3.8, 4) is 0 Å². The molecule has 8 heteroatoms. The second-order valence-electron chi connectivity index (χ2n) is 7.79. The van der Waals surface area contributed by atoms with Gasteiger partial charge in [-0.05, 0) is 23.8 Å². The fourth-order valence-electron chi connectivity index (χ4n) is 3.71. The highest BCUT2D eigenvalue weighted by Gasteiger charge is 2.19. The zero-order valence-electron chi connectivity index (χ0n) is 17.5. The van der Waals surface area contributed by atoms with Gasteiger partial charge in [0.25, 0.3) is 5.91 Å². The minimum absolute atomic E-state index is 0.134. The molecule has 0 spiro atoms. The molecule has 1 N–H and O–H groups in total. The summed E-state index contributed by atoms with van der Waals surface area (Å²) in [4.78, 5) is 16.6. The first-order valence-electron chi connectivity index (χ1n) is 10.3. The number of anilines is 1. The number of rotatable bonds is 7. The van der Waals surface area contributed by atoms with Crippen LogP contribution in [0.5, 0.6) is 0 Å². The molecule has 0 fully saturated rings. The summed E-state index contributed by atoms with van der Waals surface area (Å²) in [5.41, 5.74) is 3.06. The summed E-state index contributed by atoms with van der Waals surface area (Å²) < 4.78 is 7.16. The van der Waals surface area contributed by atoms with Crippen LogP contribution >= 0.6 is 0 Å². The van der Waals surface area contributed by atoms with Crippen LogP contribution in [0.15, 0.2) is 47.3 Å². The molecule has 1 aliphatic heterocycles. The predicted molar refractivity (Wildman–Crippen MR) is 115 cm³/mol. The lowest BCUT2D eigenvalue weighted by Gasteiger charge is -2.20. The van der Waals surface area contributed by atoms with Crippen LogP contribution in [0.1, 0.15) is 27.6 Å². The van der Waals surface area contributed by atoms with Crippen LogP contribution in [0.4, 0.5) is 5.69 Å². The third-order valence-corrected chi connectivity index (χ3v) is 5.47. The topological polar surface area (TPSA) is 79.4 Å². The lowest BCUT2D eigenvalue weighted by molar-refractivity contribution is 0.0953. The summed E-state index contributed by atoms with van der Waals surface area (Å²) in [6, 6.07) is 10.4. The van der Waals surface area contributed by atoms with Crippen LogP contribution in [-0.2, 0) is 25.9 Å². The summed E-state index contributed by atoms with van der Waals surface area (Å²) in [7, 11) is 4.11. The second-order valence-corrected chi connectivity index (χ2v) is 7.79. The maximum atomic E-state index is 12.0. The van der Waals surface area contributed by atoms with E-state index in [0.29, 0.717) is 18.5 Å². The first-order valence-corrected chi connectivity index (χ1v) is 10.3. The molecule has 0 unspecified atom stereocenters. The molecule has 0 bridgehead atoms. The number of carbonyl (C=O) groups excluding carboxylic acids is 1. The Hall–Kier alpha value is -3.13. The first kappa shape index (κ1) is 20.2. The number of aromatic nitrogens is 3. The van der Waals surface area contributed by atoms with E-state index in [9.17, 15) is 4.79 Å². The SMILES string of the molecule is CN(C)c1ccc(CN2CCc3nnc(CCNC(=O)c4ccoc4)n3CC2)cc1. The predicted octanol–water partition coefficient (Wildman–Crippen LogP) is 1.97. The average Bonchev–Trinajstić information content (AvgIpc) is 3.37. The number of nitrogens with one attached hydrogen (secondary N) is 1. The molecule has 0 saturated carbocycles. The standard InChI is InChI=1S/C22H28N6O2/c1-26(2)19-5-3-17(4-6-19)15-27-11-8-21-25-24-20(28(21)13-12-27)7-10-23-22(29)18-9-14-30-16-18/h3-6,9,14,16H,7-8,10-13,15H2,1-2H3,(H,23,29). The summed E-state index contributed by atoms with van der Waals surface area (Å²) in [6.45, 7) is 4.23. The van der Waals surface area contributed by atoms with Crippen LogP contribution in [0, 0.1) is 0 Å². The molecule has 0 aliphatic carbocycles. The summed E-state index contributed by atoms with van der Waals surface area (Å²) in [5.74, 6) is 1.82. The van der Waals surface area contributed by atoms with Crippen molar-refractivity contribution in [3.63, 3.8) is 0 Å². The van der Waals surface area contributed by atoms with Crippen LogP contribution < -0.4 is 10.2 Å². The van der Waals surface area contributed by atoms with E-state index in [0.717, 1.165) is 44.2 Å². The Bertz CT molecular complexity index is 962. The van der Waals surface area contributed by atoms with E-state index in [1.165, 1.54) is 23.8 Å². The maximum Gasteiger partial charge on any atom is 0.254 e. The highest BCUT2D eigenvalue weighted by molar-refractivity contribution is 5.93. The van der Waals surface area contributed by atoms with Crippen molar-refractivity contribution >= 4 is 11.6 Å². The molecule has 158 valence electrons. The molecule has 3 heterocycles. The number of fused-ring (bicyclic) bond motifs is 1. The van der Waals surface area contributed by atoms with Crippen LogP contribution in [0.25, 0.3) is 0 Å². The Morgan fingerprint density at radius 1 is 1.13 bits per heavy atom. The Morgan fingerprint density at radius 2 is 1.97 bits per heavy atom. The fraction of sp³-hybridized carbons (Fsp3) is 0.409. The van der Waals surface area contributed by atoms with Crippen LogP contribution in [0.2, 0.25) is 0 Å². The molecule has 0 saturated heterocycles. The van der Waals surface area contributed by atoms with Crippen molar-refractivity contribution in [2.24, 2.45) is 0 Å². The molecule has 8 nitrogen and oxygen atoms in total. The smallest absolute Gasteiger partial charge is 0.254 e.